The van der Waals surface area contributed by atoms with Crippen LogP contribution in [0.3, 0.4) is 0 Å². The topological polar surface area (TPSA) is 75.7 Å². The molecule has 0 saturated carbocycles. The van der Waals surface area contributed by atoms with Gasteiger partial charge in [0.1, 0.15) is 5.82 Å². The number of halogens is 4. The largest absolute Gasteiger partial charge is 0.452 e. The number of nitrogens with zero attached hydrogens (tertiary/aromatic N) is 1. The van der Waals surface area contributed by atoms with Crippen molar-refractivity contribution in [2.45, 2.75) is 39.0 Å². The zero-order chi connectivity index (χ0) is 25.0. The van der Waals surface area contributed by atoms with Crippen LogP contribution in [0.5, 0.6) is 0 Å². The van der Waals surface area contributed by atoms with Gasteiger partial charge in [0, 0.05) is 24.3 Å². The Labute approximate surface area is 193 Å². The summed E-state index contributed by atoms with van der Waals surface area (Å²) in [6, 6.07) is 8.20. The van der Waals surface area contributed by atoms with Gasteiger partial charge in [-0.1, -0.05) is 6.07 Å². The van der Waals surface area contributed by atoms with Gasteiger partial charge in [-0.25, -0.2) is 4.39 Å². The second-order valence-corrected chi connectivity index (χ2v) is 8.17. The molecule has 2 amide bonds. The van der Waals surface area contributed by atoms with Gasteiger partial charge < -0.3 is 15.0 Å². The van der Waals surface area contributed by atoms with Crippen molar-refractivity contribution in [3.8, 4) is 0 Å². The average Bonchev–Trinajstić information content (AvgIpc) is 2.80. The molecule has 2 aromatic carbocycles. The number of rotatable bonds is 5. The Balaban J connectivity index is 1.49. The Morgan fingerprint density at radius 1 is 1.06 bits per heavy atom. The van der Waals surface area contributed by atoms with Gasteiger partial charge in [0.15, 0.2) is 6.10 Å². The normalized spacial score (nSPS) is 15.5. The van der Waals surface area contributed by atoms with Crippen LogP contribution in [0, 0.1) is 18.7 Å². The van der Waals surface area contributed by atoms with Crippen LogP contribution in [-0.4, -0.2) is 41.9 Å². The summed E-state index contributed by atoms with van der Waals surface area (Å²) in [6.45, 7) is 3.44. The Bertz CT molecular complexity index is 1060. The maximum atomic E-state index is 13.6. The molecule has 0 aliphatic carbocycles. The third-order valence-electron chi connectivity index (χ3n) is 5.68. The number of carbonyl (C=O) groups is 3. The predicted molar refractivity (Wildman–Crippen MR) is 115 cm³/mol. The number of esters is 1. The number of likely N-dealkylation sites (tertiary alicyclic amines) is 1. The van der Waals surface area contributed by atoms with Crippen molar-refractivity contribution in [1.29, 1.82) is 0 Å². The summed E-state index contributed by atoms with van der Waals surface area (Å²) in [4.78, 5) is 38.8. The fourth-order valence-electron chi connectivity index (χ4n) is 3.54. The molecule has 1 N–H and O–H groups in total. The van der Waals surface area contributed by atoms with E-state index >= 15 is 0 Å². The number of hydrogen-bond donors (Lipinski definition) is 1. The van der Waals surface area contributed by atoms with Crippen LogP contribution in [0.25, 0.3) is 0 Å². The van der Waals surface area contributed by atoms with Crippen LogP contribution in [0.4, 0.5) is 23.2 Å². The van der Waals surface area contributed by atoms with E-state index in [4.69, 9.17) is 4.74 Å². The Morgan fingerprint density at radius 2 is 1.68 bits per heavy atom. The molecule has 1 saturated heterocycles. The van der Waals surface area contributed by atoms with Crippen molar-refractivity contribution in [2.24, 2.45) is 5.92 Å². The summed E-state index contributed by atoms with van der Waals surface area (Å²) < 4.78 is 57.0. The summed E-state index contributed by atoms with van der Waals surface area (Å²) >= 11 is 0. The summed E-state index contributed by atoms with van der Waals surface area (Å²) in [5.41, 5.74) is -0.0326. The minimum atomic E-state index is -4.48. The first-order valence-corrected chi connectivity index (χ1v) is 10.7. The maximum absolute atomic E-state index is 13.6. The number of hydrogen-bond acceptors (Lipinski definition) is 4. The van der Waals surface area contributed by atoms with Gasteiger partial charge in [0.25, 0.3) is 11.8 Å². The lowest BCUT2D eigenvalue weighted by Crippen LogP contribution is -2.41. The molecule has 34 heavy (non-hydrogen) atoms. The summed E-state index contributed by atoms with van der Waals surface area (Å²) in [5, 5.41) is 2.49. The third kappa shape index (κ3) is 6.12. The van der Waals surface area contributed by atoms with Gasteiger partial charge in [-0.05, 0) is 68.7 Å². The van der Waals surface area contributed by atoms with E-state index in [1.807, 2.05) is 0 Å². The minimum absolute atomic E-state index is 0.131. The predicted octanol–water partition coefficient (Wildman–Crippen LogP) is 4.58. The monoisotopic (exact) mass is 480 g/mol. The lowest BCUT2D eigenvalue weighted by Gasteiger charge is -2.31. The van der Waals surface area contributed by atoms with Crippen LogP contribution in [0.15, 0.2) is 42.5 Å². The van der Waals surface area contributed by atoms with E-state index < -0.39 is 47.4 Å². The number of ether oxygens (including phenoxy) is 1. The van der Waals surface area contributed by atoms with Gasteiger partial charge >= 0.3 is 12.1 Å². The fraction of sp³-hybridized carbons (Fsp3) is 0.375. The van der Waals surface area contributed by atoms with E-state index in [-0.39, 0.29) is 24.3 Å². The number of nitrogens with one attached hydrogen (secondary N) is 1. The molecule has 1 heterocycles. The Kier molecular flexibility index (Phi) is 7.58. The van der Waals surface area contributed by atoms with Crippen molar-refractivity contribution in [2.75, 3.05) is 18.4 Å². The molecule has 0 radical (unpaired) electrons. The molecule has 3 rings (SSSR count). The standard InChI is InChI=1S/C24H24F4N2O4/c1-14-3-8-19(13-20(14)25)29-21(31)15(2)34-23(33)17-9-11-30(12-10-17)22(32)16-4-6-18(7-5-16)24(26,27)28/h3-8,13,15,17H,9-12H2,1-2H3,(H,29,31). The number of benzene rings is 2. The summed E-state index contributed by atoms with van der Waals surface area (Å²) in [6.07, 6.45) is -5.00. The average molecular weight is 480 g/mol. The number of piperidine rings is 1. The smallest absolute Gasteiger partial charge is 0.416 e. The highest BCUT2D eigenvalue weighted by molar-refractivity contribution is 5.95. The van der Waals surface area contributed by atoms with Crippen molar-refractivity contribution >= 4 is 23.5 Å². The SMILES string of the molecule is Cc1ccc(NC(=O)C(C)OC(=O)C2CCN(C(=O)c3ccc(C(F)(F)F)cc3)CC2)cc1F. The molecule has 6 nitrogen and oxygen atoms in total. The van der Waals surface area contributed by atoms with E-state index in [9.17, 15) is 31.9 Å². The van der Waals surface area contributed by atoms with Gasteiger partial charge in [-0.3, -0.25) is 14.4 Å². The first-order chi connectivity index (χ1) is 16.0. The van der Waals surface area contributed by atoms with Gasteiger partial charge in [0.2, 0.25) is 0 Å². The van der Waals surface area contributed by atoms with Gasteiger partial charge in [-0.2, -0.15) is 13.2 Å². The molecule has 1 fully saturated rings. The lowest BCUT2D eigenvalue weighted by atomic mass is 9.96. The van der Waals surface area contributed by atoms with Crippen LogP contribution in [-0.2, 0) is 20.5 Å². The molecule has 1 aliphatic rings. The molecule has 0 spiro atoms. The molecule has 1 unspecified atom stereocenters. The van der Waals surface area contributed by atoms with Gasteiger partial charge in [-0.15, -0.1) is 0 Å². The van der Waals surface area contributed by atoms with Gasteiger partial charge in [0.05, 0.1) is 11.5 Å². The van der Waals surface area contributed by atoms with Crippen LogP contribution in [0.1, 0.15) is 41.3 Å². The fourth-order valence-corrected chi connectivity index (χ4v) is 3.54. The molecule has 2 aromatic rings. The number of carbonyl (C=O) groups excluding carboxylic acids is 3. The first kappa shape index (κ1) is 25.2. The zero-order valence-electron chi connectivity index (χ0n) is 18.6. The highest BCUT2D eigenvalue weighted by atomic mass is 19.4. The highest BCUT2D eigenvalue weighted by Crippen LogP contribution is 2.29. The van der Waals surface area contributed by atoms with E-state index in [0.717, 1.165) is 24.3 Å². The van der Waals surface area contributed by atoms with E-state index in [0.29, 0.717) is 18.4 Å². The second kappa shape index (κ2) is 10.2. The number of anilines is 1. The number of alkyl halides is 3. The molecule has 1 aliphatic heterocycles. The zero-order valence-corrected chi connectivity index (χ0v) is 18.6. The second-order valence-electron chi connectivity index (χ2n) is 8.17. The summed E-state index contributed by atoms with van der Waals surface area (Å²) in [7, 11) is 0. The quantitative estimate of drug-likeness (QED) is 0.502. The number of aryl methyl sites for hydroxylation is 1. The molecule has 10 heteroatoms. The Hall–Kier alpha value is -3.43. The van der Waals surface area contributed by atoms with Crippen LogP contribution >= 0.6 is 0 Å². The first-order valence-electron chi connectivity index (χ1n) is 10.7. The van der Waals surface area contributed by atoms with Crippen molar-refractivity contribution in [3.05, 3.63) is 65.0 Å². The van der Waals surface area contributed by atoms with Crippen LogP contribution in [0.2, 0.25) is 0 Å². The molecule has 182 valence electrons. The minimum Gasteiger partial charge on any atom is -0.452 e. The molecule has 0 bridgehead atoms. The lowest BCUT2D eigenvalue weighted by molar-refractivity contribution is -0.158. The maximum Gasteiger partial charge on any atom is 0.416 e. The summed E-state index contributed by atoms with van der Waals surface area (Å²) in [5.74, 6) is -2.60. The van der Waals surface area contributed by atoms with Crippen molar-refractivity contribution < 1.29 is 36.7 Å². The molecular formula is C24H24F4N2O4. The molecule has 0 aromatic heterocycles. The van der Waals surface area contributed by atoms with Crippen LogP contribution < -0.4 is 5.32 Å². The number of amides is 2. The van der Waals surface area contributed by atoms with E-state index in [1.165, 1.54) is 30.0 Å². The Morgan fingerprint density at radius 3 is 2.24 bits per heavy atom. The van der Waals surface area contributed by atoms with E-state index in [1.54, 1.807) is 6.92 Å². The third-order valence-corrected chi connectivity index (χ3v) is 5.68. The molecular weight excluding hydrogens is 456 g/mol. The van der Waals surface area contributed by atoms with Crippen molar-refractivity contribution in [1.82, 2.24) is 4.90 Å². The highest BCUT2D eigenvalue weighted by Gasteiger charge is 2.32. The molecule has 1 atom stereocenters. The van der Waals surface area contributed by atoms with E-state index in [2.05, 4.69) is 5.32 Å². The van der Waals surface area contributed by atoms with Crippen molar-refractivity contribution in [3.63, 3.8) is 0 Å².